The summed E-state index contributed by atoms with van der Waals surface area (Å²) < 4.78 is 0.641. The molecule has 0 unspecified atom stereocenters. The zero-order valence-electron chi connectivity index (χ0n) is 9.02. The minimum atomic E-state index is -0.242. The first kappa shape index (κ1) is 13.8. The Morgan fingerprint density at radius 2 is 2.29 bits per heavy atom. The van der Waals surface area contributed by atoms with Crippen molar-refractivity contribution < 1.29 is 10.0 Å². The van der Waals surface area contributed by atoms with Crippen LogP contribution in [0.2, 0.25) is 5.02 Å². The lowest BCUT2D eigenvalue weighted by Crippen LogP contribution is -2.35. The minimum Gasteiger partial charge on any atom is -0.409 e. The molecule has 0 radical (unpaired) electrons. The Hall–Kier alpha value is -1.27. The number of nitrogens with zero attached hydrogens (tertiary/aromatic N) is 2. The highest BCUT2D eigenvalue weighted by Gasteiger charge is 2.13. The molecule has 0 saturated carbocycles. The standard InChI is InChI=1S/C10H11BrClN3O2/c1-15(5-9(13)14-17)10(16)6-2-3-8(12)7(11)4-6/h2-4,17H,5H2,1H3,(H2,13,14). The fourth-order valence-electron chi connectivity index (χ4n) is 1.20. The van der Waals surface area contributed by atoms with Crippen LogP contribution in [0.15, 0.2) is 27.8 Å². The molecule has 5 nitrogen and oxygen atoms in total. The van der Waals surface area contributed by atoms with Crippen LogP contribution in [0.5, 0.6) is 0 Å². The van der Waals surface area contributed by atoms with Crippen LogP contribution in [0.25, 0.3) is 0 Å². The highest BCUT2D eigenvalue weighted by atomic mass is 79.9. The van der Waals surface area contributed by atoms with Crippen LogP contribution in [-0.2, 0) is 0 Å². The summed E-state index contributed by atoms with van der Waals surface area (Å²) in [4.78, 5) is 13.3. The number of likely N-dealkylation sites (N-methyl/N-ethyl adjacent to an activating group) is 1. The number of oxime groups is 1. The van der Waals surface area contributed by atoms with E-state index in [0.29, 0.717) is 15.1 Å². The first-order valence-corrected chi connectivity index (χ1v) is 5.79. The number of hydrogen-bond donors (Lipinski definition) is 2. The molecule has 92 valence electrons. The molecule has 0 atom stereocenters. The van der Waals surface area contributed by atoms with E-state index < -0.39 is 0 Å². The quantitative estimate of drug-likeness (QED) is 0.386. The third-order valence-corrected chi connectivity index (χ3v) is 3.25. The Bertz CT molecular complexity index is 465. The van der Waals surface area contributed by atoms with E-state index in [1.165, 1.54) is 4.90 Å². The Morgan fingerprint density at radius 1 is 1.65 bits per heavy atom. The summed E-state index contributed by atoms with van der Waals surface area (Å²) in [5.74, 6) is -0.275. The van der Waals surface area contributed by atoms with Gasteiger partial charge in [-0.3, -0.25) is 4.79 Å². The molecular formula is C10H11BrClN3O2. The number of carbonyl (C=O) groups excluding carboxylic acids is 1. The molecule has 0 aromatic heterocycles. The van der Waals surface area contributed by atoms with Crippen LogP contribution in [0.4, 0.5) is 0 Å². The number of nitrogens with two attached hydrogens (primary N) is 1. The van der Waals surface area contributed by atoms with Crippen LogP contribution >= 0.6 is 27.5 Å². The van der Waals surface area contributed by atoms with Gasteiger partial charge in [0, 0.05) is 17.1 Å². The maximum atomic E-state index is 11.9. The summed E-state index contributed by atoms with van der Waals surface area (Å²) in [7, 11) is 1.56. The van der Waals surface area contributed by atoms with Crippen LogP contribution in [0.3, 0.4) is 0 Å². The second-order valence-corrected chi connectivity index (χ2v) is 4.64. The van der Waals surface area contributed by atoms with E-state index in [1.54, 1.807) is 25.2 Å². The Balaban J connectivity index is 2.85. The summed E-state index contributed by atoms with van der Waals surface area (Å²) in [6, 6.07) is 4.85. The highest BCUT2D eigenvalue weighted by Crippen LogP contribution is 2.23. The number of amidine groups is 1. The number of halogens is 2. The van der Waals surface area contributed by atoms with E-state index in [4.69, 9.17) is 22.5 Å². The number of amides is 1. The predicted octanol–water partition coefficient (Wildman–Crippen LogP) is 1.92. The molecule has 0 spiro atoms. The monoisotopic (exact) mass is 319 g/mol. The van der Waals surface area contributed by atoms with Crippen molar-refractivity contribution >= 4 is 39.3 Å². The van der Waals surface area contributed by atoms with Crippen LogP contribution in [-0.4, -0.2) is 35.4 Å². The topological polar surface area (TPSA) is 78.9 Å². The van der Waals surface area contributed by atoms with Gasteiger partial charge in [0.1, 0.15) is 0 Å². The van der Waals surface area contributed by atoms with Crippen LogP contribution in [0.1, 0.15) is 10.4 Å². The molecule has 0 aliphatic carbocycles. The zero-order chi connectivity index (χ0) is 13.0. The zero-order valence-corrected chi connectivity index (χ0v) is 11.4. The van der Waals surface area contributed by atoms with Crippen molar-refractivity contribution in [2.75, 3.05) is 13.6 Å². The van der Waals surface area contributed by atoms with E-state index in [1.807, 2.05) is 0 Å². The molecule has 0 saturated heterocycles. The molecule has 1 rings (SSSR count). The molecule has 1 amide bonds. The van der Waals surface area contributed by atoms with Gasteiger partial charge in [0.25, 0.3) is 5.91 Å². The maximum Gasteiger partial charge on any atom is 0.254 e. The van der Waals surface area contributed by atoms with E-state index in [2.05, 4.69) is 21.1 Å². The fourth-order valence-corrected chi connectivity index (χ4v) is 1.69. The number of rotatable bonds is 3. The average Bonchev–Trinajstić information content (AvgIpc) is 2.31. The van der Waals surface area contributed by atoms with E-state index in [-0.39, 0.29) is 18.3 Å². The summed E-state index contributed by atoms with van der Waals surface area (Å²) in [5.41, 5.74) is 5.79. The van der Waals surface area contributed by atoms with Gasteiger partial charge >= 0.3 is 0 Å². The Kier molecular flexibility index (Phi) is 4.77. The van der Waals surface area contributed by atoms with Gasteiger partial charge in [-0.25, -0.2) is 0 Å². The van der Waals surface area contributed by atoms with Gasteiger partial charge in [-0.1, -0.05) is 16.8 Å². The predicted molar refractivity (Wildman–Crippen MR) is 69.5 cm³/mol. The van der Waals surface area contributed by atoms with Crippen molar-refractivity contribution in [1.29, 1.82) is 0 Å². The number of benzene rings is 1. The van der Waals surface area contributed by atoms with E-state index >= 15 is 0 Å². The Morgan fingerprint density at radius 3 is 2.82 bits per heavy atom. The van der Waals surface area contributed by atoms with Crippen molar-refractivity contribution in [2.24, 2.45) is 10.9 Å². The SMILES string of the molecule is CN(C/C(N)=N/O)C(=O)c1ccc(Cl)c(Br)c1. The van der Waals surface area contributed by atoms with Crippen LogP contribution < -0.4 is 5.73 Å². The van der Waals surface area contributed by atoms with Gasteiger partial charge in [-0.2, -0.15) is 0 Å². The lowest BCUT2D eigenvalue weighted by atomic mass is 10.2. The molecule has 0 aliphatic rings. The molecule has 17 heavy (non-hydrogen) atoms. The molecule has 3 N–H and O–H groups in total. The minimum absolute atomic E-state index is 0.0334. The molecule has 0 aliphatic heterocycles. The summed E-state index contributed by atoms with van der Waals surface area (Å²) in [6.07, 6.45) is 0. The molecule has 0 fully saturated rings. The van der Waals surface area contributed by atoms with E-state index in [9.17, 15) is 4.79 Å². The first-order valence-electron chi connectivity index (χ1n) is 4.62. The third kappa shape index (κ3) is 3.61. The summed E-state index contributed by atoms with van der Waals surface area (Å²) in [5, 5.41) is 11.8. The van der Waals surface area contributed by atoms with E-state index in [0.717, 1.165) is 0 Å². The van der Waals surface area contributed by atoms with Crippen molar-refractivity contribution in [2.45, 2.75) is 0 Å². The van der Waals surface area contributed by atoms with Gasteiger partial charge < -0.3 is 15.8 Å². The third-order valence-electron chi connectivity index (χ3n) is 2.04. The smallest absolute Gasteiger partial charge is 0.254 e. The van der Waals surface area contributed by atoms with Crippen molar-refractivity contribution in [3.05, 3.63) is 33.3 Å². The molecule has 0 heterocycles. The fraction of sp³-hybridized carbons (Fsp3) is 0.200. The Labute approximate surface area is 112 Å². The molecular weight excluding hydrogens is 309 g/mol. The number of hydrogen-bond acceptors (Lipinski definition) is 3. The molecule has 7 heteroatoms. The average molecular weight is 321 g/mol. The second kappa shape index (κ2) is 5.88. The summed E-state index contributed by atoms with van der Waals surface area (Å²) >= 11 is 9.06. The van der Waals surface area contributed by atoms with Crippen molar-refractivity contribution in [1.82, 2.24) is 4.90 Å². The summed E-state index contributed by atoms with van der Waals surface area (Å²) in [6.45, 7) is 0.0512. The van der Waals surface area contributed by atoms with Crippen LogP contribution in [0, 0.1) is 0 Å². The van der Waals surface area contributed by atoms with Gasteiger partial charge in [0.15, 0.2) is 5.84 Å². The van der Waals surface area contributed by atoms with Gasteiger partial charge in [-0.05, 0) is 34.1 Å². The molecule has 1 aromatic rings. The van der Waals surface area contributed by atoms with Gasteiger partial charge in [0.2, 0.25) is 0 Å². The lowest BCUT2D eigenvalue weighted by molar-refractivity contribution is 0.0813. The van der Waals surface area contributed by atoms with Gasteiger partial charge in [0.05, 0.1) is 11.6 Å². The van der Waals surface area contributed by atoms with Crippen molar-refractivity contribution in [3.63, 3.8) is 0 Å². The van der Waals surface area contributed by atoms with Crippen molar-refractivity contribution in [3.8, 4) is 0 Å². The largest absolute Gasteiger partial charge is 0.409 e. The van der Waals surface area contributed by atoms with Gasteiger partial charge in [-0.15, -0.1) is 0 Å². The highest BCUT2D eigenvalue weighted by molar-refractivity contribution is 9.10. The first-order chi connectivity index (χ1) is 7.95. The maximum absolute atomic E-state index is 11.9. The lowest BCUT2D eigenvalue weighted by Gasteiger charge is -2.16. The number of carbonyl (C=O) groups is 1. The second-order valence-electron chi connectivity index (χ2n) is 3.38. The molecule has 1 aromatic carbocycles. The normalized spacial score (nSPS) is 11.4. The molecule has 0 bridgehead atoms.